The molecule has 19 heavy (non-hydrogen) atoms. The number of aryl methyl sites for hydroxylation is 1. The average molecular weight is 276 g/mol. The monoisotopic (exact) mass is 276 g/mol. The molecule has 2 fully saturated rings. The fourth-order valence-corrected chi connectivity index (χ4v) is 3.88. The van der Waals surface area contributed by atoms with Crippen molar-refractivity contribution in [3.63, 3.8) is 0 Å². The van der Waals surface area contributed by atoms with Crippen LogP contribution in [0.5, 0.6) is 0 Å². The van der Waals surface area contributed by atoms with Crippen molar-refractivity contribution >= 4 is 22.9 Å². The van der Waals surface area contributed by atoms with Crippen LogP contribution in [0, 0.1) is 6.92 Å². The minimum atomic E-state index is -0.147. The van der Waals surface area contributed by atoms with E-state index in [9.17, 15) is 5.11 Å². The fourth-order valence-electron chi connectivity index (χ4n) is 3.71. The molecular weight excluding hydrogens is 256 g/mol. The Kier molecular flexibility index (Phi) is 3.23. The van der Waals surface area contributed by atoms with Crippen molar-refractivity contribution in [3.05, 3.63) is 29.3 Å². The molecule has 2 heterocycles. The van der Waals surface area contributed by atoms with Crippen LogP contribution in [0.25, 0.3) is 0 Å². The summed E-state index contributed by atoms with van der Waals surface area (Å²) in [7, 11) is 0. The number of nitrogens with two attached hydrogens (primary N) is 1. The number of rotatable bonds is 2. The first-order valence-corrected chi connectivity index (χ1v) is 7.34. The van der Waals surface area contributed by atoms with Crippen LogP contribution in [0.15, 0.2) is 18.2 Å². The zero-order valence-electron chi connectivity index (χ0n) is 11.2. The predicted octanol–water partition coefficient (Wildman–Crippen LogP) is 2.12. The molecule has 1 aromatic carbocycles. The first-order valence-electron chi connectivity index (χ1n) is 6.93. The molecule has 2 bridgehead atoms. The Morgan fingerprint density at radius 1 is 1.32 bits per heavy atom. The molecule has 4 heteroatoms. The predicted molar refractivity (Wildman–Crippen MR) is 81.6 cm³/mol. The summed E-state index contributed by atoms with van der Waals surface area (Å²) >= 11 is 5.20. The smallest absolute Gasteiger partial charge is 0.106 e. The van der Waals surface area contributed by atoms with E-state index < -0.39 is 0 Å². The maximum Gasteiger partial charge on any atom is 0.106 e. The van der Waals surface area contributed by atoms with E-state index in [0.29, 0.717) is 17.1 Å². The van der Waals surface area contributed by atoms with Gasteiger partial charge in [0.25, 0.3) is 0 Å². The molecule has 0 radical (unpaired) electrons. The lowest BCUT2D eigenvalue weighted by Crippen LogP contribution is -2.45. The van der Waals surface area contributed by atoms with E-state index in [1.807, 2.05) is 12.1 Å². The lowest BCUT2D eigenvalue weighted by atomic mass is 9.96. The van der Waals surface area contributed by atoms with Crippen LogP contribution in [-0.2, 0) is 0 Å². The first-order chi connectivity index (χ1) is 9.08. The second-order valence-electron chi connectivity index (χ2n) is 5.75. The van der Waals surface area contributed by atoms with Gasteiger partial charge >= 0.3 is 0 Å². The van der Waals surface area contributed by atoms with Gasteiger partial charge in [-0.3, -0.25) is 0 Å². The molecule has 3 N–H and O–H groups in total. The molecule has 0 spiro atoms. The first kappa shape index (κ1) is 12.9. The number of benzene rings is 1. The molecule has 1 aromatic rings. The number of hydrogen-bond donors (Lipinski definition) is 2. The van der Waals surface area contributed by atoms with E-state index in [4.69, 9.17) is 18.0 Å². The molecule has 2 aliphatic heterocycles. The van der Waals surface area contributed by atoms with Crippen LogP contribution in [0.1, 0.15) is 36.8 Å². The second-order valence-corrected chi connectivity index (χ2v) is 6.19. The van der Waals surface area contributed by atoms with Gasteiger partial charge < -0.3 is 15.7 Å². The molecule has 2 unspecified atom stereocenters. The lowest BCUT2D eigenvalue weighted by Gasteiger charge is -2.40. The molecule has 0 aromatic heterocycles. The van der Waals surface area contributed by atoms with Gasteiger partial charge in [-0.2, -0.15) is 0 Å². The molecule has 3 rings (SSSR count). The van der Waals surface area contributed by atoms with E-state index >= 15 is 0 Å². The maximum absolute atomic E-state index is 9.93. The quantitative estimate of drug-likeness (QED) is 0.812. The Balaban J connectivity index is 2.06. The lowest BCUT2D eigenvalue weighted by molar-refractivity contribution is 0.126. The van der Waals surface area contributed by atoms with Crippen molar-refractivity contribution in [2.45, 2.75) is 50.8 Å². The summed E-state index contributed by atoms with van der Waals surface area (Å²) in [6.45, 7) is 2.11. The standard InChI is InChI=1S/C15H20N2OS/c1-9-3-2-4-13(15(16)19)14(9)17-10-5-6-11(17)8-12(18)7-10/h2-4,10-12,18H,5-8H2,1H3,(H2,16,19). The van der Waals surface area contributed by atoms with Crippen LogP contribution < -0.4 is 10.6 Å². The van der Waals surface area contributed by atoms with Gasteiger partial charge in [-0.15, -0.1) is 0 Å². The number of para-hydroxylation sites is 1. The van der Waals surface area contributed by atoms with Crippen LogP contribution in [0.4, 0.5) is 5.69 Å². The highest BCUT2D eigenvalue weighted by molar-refractivity contribution is 7.80. The summed E-state index contributed by atoms with van der Waals surface area (Å²) in [5.41, 5.74) is 9.27. The van der Waals surface area contributed by atoms with Crippen LogP contribution in [-0.4, -0.2) is 28.3 Å². The number of aliphatic hydroxyl groups is 1. The average Bonchev–Trinajstić information content (AvgIpc) is 2.61. The summed E-state index contributed by atoms with van der Waals surface area (Å²) in [6.07, 6.45) is 3.90. The number of aliphatic hydroxyl groups excluding tert-OH is 1. The molecule has 3 nitrogen and oxygen atoms in total. The second kappa shape index (κ2) is 4.76. The SMILES string of the molecule is Cc1cccc(C(N)=S)c1N1C2CCC1CC(O)C2. The fraction of sp³-hybridized carbons (Fsp3) is 0.533. The molecule has 2 aliphatic rings. The molecule has 2 atom stereocenters. The Bertz CT molecular complexity index is 503. The molecule has 102 valence electrons. The van der Waals surface area contributed by atoms with Crippen molar-refractivity contribution in [2.75, 3.05) is 4.90 Å². The summed E-state index contributed by atoms with van der Waals surface area (Å²) < 4.78 is 0. The molecule has 0 saturated carbocycles. The highest BCUT2D eigenvalue weighted by Gasteiger charge is 2.41. The topological polar surface area (TPSA) is 49.5 Å². The third-order valence-corrected chi connectivity index (χ3v) is 4.69. The number of piperidine rings is 1. The minimum Gasteiger partial charge on any atom is -0.393 e. The van der Waals surface area contributed by atoms with E-state index in [0.717, 1.165) is 31.2 Å². The Morgan fingerprint density at radius 2 is 1.95 bits per heavy atom. The maximum atomic E-state index is 9.93. The highest BCUT2D eigenvalue weighted by atomic mass is 32.1. The van der Waals surface area contributed by atoms with Crippen molar-refractivity contribution in [1.82, 2.24) is 0 Å². The largest absolute Gasteiger partial charge is 0.393 e. The van der Waals surface area contributed by atoms with Gasteiger partial charge in [-0.05, 0) is 44.2 Å². The zero-order chi connectivity index (χ0) is 13.6. The third-order valence-electron chi connectivity index (χ3n) is 4.47. The van der Waals surface area contributed by atoms with Gasteiger partial charge in [0, 0.05) is 17.6 Å². The molecule has 0 amide bonds. The van der Waals surface area contributed by atoms with Crippen molar-refractivity contribution in [3.8, 4) is 0 Å². The van der Waals surface area contributed by atoms with Crippen molar-refractivity contribution in [2.24, 2.45) is 5.73 Å². The van der Waals surface area contributed by atoms with Crippen LogP contribution >= 0.6 is 12.2 Å². The number of hydrogen-bond acceptors (Lipinski definition) is 3. The van der Waals surface area contributed by atoms with Gasteiger partial charge in [0.1, 0.15) is 4.99 Å². The van der Waals surface area contributed by atoms with Crippen molar-refractivity contribution in [1.29, 1.82) is 0 Å². The van der Waals surface area contributed by atoms with Gasteiger partial charge in [-0.1, -0.05) is 24.4 Å². The van der Waals surface area contributed by atoms with E-state index in [1.165, 1.54) is 11.3 Å². The summed E-state index contributed by atoms with van der Waals surface area (Å²) in [4.78, 5) is 2.93. The number of thiocarbonyl (C=S) groups is 1. The molecule has 0 aliphatic carbocycles. The van der Waals surface area contributed by atoms with Gasteiger partial charge in [-0.25, -0.2) is 0 Å². The zero-order valence-corrected chi connectivity index (χ0v) is 12.0. The highest BCUT2D eigenvalue weighted by Crippen LogP contribution is 2.41. The normalized spacial score (nSPS) is 29.6. The Labute approximate surface area is 119 Å². The summed E-state index contributed by atoms with van der Waals surface area (Å²) in [5.74, 6) is 0. The van der Waals surface area contributed by atoms with Crippen molar-refractivity contribution < 1.29 is 5.11 Å². The Morgan fingerprint density at radius 3 is 2.53 bits per heavy atom. The number of anilines is 1. The number of fused-ring (bicyclic) bond motifs is 2. The Hall–Kier alpha value is -1.13. The summed E-state index contributed by atoms with van der Waals surface area (Å²) in [5, 5.41) is 9.93. The van der Waals surface area contributed by atoms with Gasteiger partial charge in [0.15, 0.2) is 0 Å². The van der Waals surface area contributed by atoms with Gasteiger partial charge in [0.05, 0.1) is 11.8 Å². The van der Waals surface area contributed by atoms with Crippen LogP contribution in [0.3, 0.4) is 0 Å². The van der Waals surface area contributed by atoms with Crippen LogP contribution in [0.2, 0.25) is 0 Å². The van der Waals surface area contributed by atoms with E-state index in [1.54, 1.807) is 0 Å². The van der Waals surface area contributed by atoms with E-state index in [2.05, 4.69) is 17.9 Å². The summed E-state index contributed by atoms with van der Waals surface area (Å²) in [6, 6.07) is 7.00. The van der Waals surface area contributed by atoms with E-state index in [-0.39, 0.29) is 6.10 Å². The van der Waals surface area contributed by atoms with Gasteiger partial charge in [0.2, 0.25) is 0 Å². The number of nitrogens with zero attached hydrogens (tertiary/aromatic N) is 1. The minimum absolute atomic E-state index is 0.147. The molecule has 2 saturated heterocycles. The molecular formula is C15H20N2OS. The third kappa shape index (κ3) is 2.13.